The van der Waals surface area contributed by atoms with Crippen LogP contribution in [0.3, 0.4) is 0 Å². The van der Waals surface area contributed by atoms with E-state index in [1.165, 1.54) is 0 Å². The summed E-state index contributed by atoms with van der Waals surface area (Å²) in [7, 11) is 0. The van der Waals surface area contributed by atoms with Crippen LogP contribution in [0.2, 0.25) is 0 Å². The van der Waals surface area contributed by atoms with Gasteiger partial charge in [0.05, 0.1) is 0 Å². The quantitative estimate of drug-likeness (QED) is 0.0561. The van der Waals surface area contributed by atoms with Crippen LogP contribution in [-0.2, 0) is 9.59 Å². The molecular formula is C36H68F4N2O2. The number of unbranched alkanes of at least 4 members (excludes halogenated alkanes) is 20. The van der Waals surface area contributed by atoms with E-state index in [4.69, 9.17) is 0 Å². The molecule has 0 bridgehead atoms. The molecule has 0 aliphatic rings. The Labute approximate surface area is 268 Å². The molecule has 0 atom stereocenters. The van der Waals surface area contributed by atoms with Crippen LogP contribution < -0.4 is 0 Å². The van der Waals surface area contributed by atoms with Gasteiger partial charge in [-0.25, -0.2) is 0 Å². The summed E-state index contributed by atoms with van der Waals surface area (Å²) < 4.78 is 61.9. The maximum absolute atomic E-state index is 15.5. The Kier molecular flexibility index (Phi) is 26.0. The lowest BCUT2D eigenvalue weighted by Crippen LogP contribution is -2.61. The number of alkyl halides is 4. The van der Waals surface area contributed by atoms with E-state index in [0.717, 1.165) is 138 Å². The molecular weight excluding hydrogens is 568 g/mol. The highest BCUT2D eigenvalue weighted by molar-refractivity contribution is 5.95. The second-order valence-electron chi connectivity index (χ2n) is 12.8. The van der Waals surface area contributed by atoms with Gasteiger partial charge in [-0.3, -0.25) is 9.59 Å². The molecule has 8 heteroatoms. The van der Waals surface area contributed by atoms with Gasteiger partial charge < -0.3 is 9.80 Å². The average Bonchev–Trinajstić information content (AvgIpc) is 3.00. The van der Waals surface area contributed by atoms with E-state index in [-0.39, 0.29) is 26.2 Å². The minimum Gasteiger partial charge on any atom is -0.337 e. The van der Waals surface area contributed by atoms with Gasteiger partial charge in [0.1, 0.15) is 0 Å². The molecule has 0 aliphatic heterocycles. The molecule has 0 aliphatic carbocycles. The highest BCUT2D eigenvalue weighted by Gasteiger charge is 2.68. The normalized spacial score (nSPS) is 12.1. The lowest BCUT2D eigenvalue weighted by molar-refractivity contribution is -0.223. The summed E-state index contributed by atoms with van der Waals surface area (Å²) in [6.07, 6.45) is 21.4. The Balaban J connectivity index is 5.55. The fourth-order valence-corrected chi connectivity index (χ4v) is 5.63. The SMILES string of the molecule is CCCCCCCCN(CCCCCCCC)C(=O)C(F)(F)C(F)(F)C(=O)N(CCCCCCCC)CCCCCCCC. The molecule has 0 aromatic carbocycles. The predicted octanol–water partition coefficient (Wildman–Crippen LogP) is 11.4. The molecule has 0 rings (SSSR count). The number of amides is 2. The summed E-state index contributed by atoms with van der Waals surface area (Å²) in [6, 6.07) is 0. The van der Waals surface area contributed by atoms with Crippen LogP contribution in [0.15, 0.2) is 0 Å². The molecule has 0 radical (unpaired) electrons. The van der Waals surface area contributed by atoms with Crippen molar-refractivity contribution in [3.63, 3.8) is 0 Å². The molecule has 262 valence electrons. The van der Waals surface area contributed by atoms with E-state index in [0.29, 0.717) is 25.7 Å². The minimum atomic E-state index is -5.09. The Bertz CT molecular complexity index is 616. The molecule has 0 aromatic heterocycles. The topological polar surface area (TPSA) is 40.6 Å². The van der Waals surface area contributed by atoms with Crippen LogP contribution in [0.4, 0.5) is 17.6 Å². The Morgan fingerprint density at radius 3 is 0.750 bits per heavy atom. The molecule has 0 saturated carbocycles. The number of hydrogen-bond acceptors (Lipinski definition) is 2. The molecule has 0 N–H and O–H groups in total. The van der Waals surface area contributed by atoms with Gasteiger partial charge in [-0.05, 0) is 25.7 Å². The lowest BCUT2D eigenvalue weighted by Gasteiger charge is -2.34. The first kappa shape index (κ1) is 42.7. The van der Waals surface area contributed by atoms with Crippen molar-refractivity contribution in [1.82, 2.24) is 9.80 Å². The number of halogens is 4. The first-order chi connectivity index (χ1) is 21.1. The third kappa shape index (κ3) is 18.0. The van der Waals surface area contributed by atoms with Gasteiger partial charge in [0.15, 0.2) is 0 Å². The fourth-order valence-electron chi connectivity index (χ4n) is 5.63. The molecule has 2 amide bonds. The van der Waals surface area contributed by atoms with Gasteiger partial charge in [-0.15, -0.1) is 0 Å². The Morgan fingerprint density at radius 2 is 0.545 bits per heavy atom. The number of carbonyl (C=O) groups is 2. The number of nitrogens with zero attached hydrogens (tertiary/aromatic N) is 2. The van der Waals surface area contributed by atoms with Crippen molar-refractivity contribution in [2.75, 3.05) is 26.2 Å². The van der Waals surface area contributed by atoms with Crippen molar-refractivity contribution < 1.29 is 27.2 Å². The fraction of sp³-hybridized carbons (Fsp3) is 0.944. The number of carbonyl (C=O) groups excluding carboxylic acids is 2. The summed E-state index contributed by atoms with van der Waals surface area (Å²) in [5, 5.41) is 0. The lowest BCUT2D eigenvalue weighted by atomic mass is 10.1. The molecule has 0 unspecified atom stereocenters. The average molecular weight is 637 g/mol. The van der Waals surface area contributed by atoms with Gasteiger partial charge in [0.25, 0.3) is 11.8 Å². The minimum absolute atomic E-state index is 0.0129. The van der Waals surface area contributed by atoms with Gasteiger partial charge in [-0.2, -0.15) is 17.6 Å². The van der Waals surface area contributed by atoms with Crippen LogP contribution in [0.1, 0.15) is 182 Å². The van der Waals surface area contributed by atoms with Crippen LogP contribution in [-0.4, -0.2) is 59.6 Å². The third-order valence-corrected chi connectivity index (χ3v) is 8.63. The van der Waals surface area contributed by atoms with E-state index in [1.807, 2.05) is 0 Å². The van der Waals surface area contributed by atoms with Crippen LogP contribution in [0, 0.1) is 0 Å². The maximum atomic E-state index is 15.5. The van der Waals surface area contributed by atoms with Gasteiger partial charge >= 0.3 is 11.8 Å². The van der Waals surface area contributed by atoms with Crippen LogP contribution >= 0.6 is 0 Å². The van der Waals surface area contributed by atoms with E-state index in [9.17, 15) is 9.59 Å². The summed E-state index contributed by atoms with van der Waals surface area (Å²) >= 11 is 0. The van der Waals surface area contributed by atoms with Crippen molar-refractivity contribution in [2.24, 2.45) is 0 Å². The van der Waals surface area contributed by atoms with Crippen LogP contribution in [0.25, 0.3) is 0 Å². The zero-order valence-electron chi connectivity index (χ0n) is 29.0. The van der Waals surface area contributed by atoms with E-state index in [2.05, 4.69) is 27.7 Å². The Morgan fingerprint density at radius 1 is 0.364 bits per heavy atom. The standard InChI is InChI=1S/C36H68F4N2O2/c1-5-9-13-17-21-25-29-41(30-26-22-18-14-10-6-2)33(43)35(37,38)36(39,40)34(44)42(31-27-23-19-15-11-7-3)32-28-24-20-16-12-8-4/h5-32H2,1-4H3. The molecule has 0 aromatic rings. The maximum Gasteiger partial charge on any atom is 0.395 e. The molecule has 44 heavy (non-hydrogen) atoms. The molecule has 0 spiro atoms. The highest BCUT2D eigenvalue weighted by atomic mass is 19.3. The largest absolute Gasteiger partial charge is 0.395 e. The predicted molar refractivity (Wildman–Crippen MR) is 177 cm³/mol. The van der Waals surface area contributed by atoms with E-state index in [1.54, 1.807) is 0 Å². The van der Waals surface area contributed by atoms with Crippen molar-refractivity contribution in [3.8, 4) is 0 Å². The summed E-state index contributed by atoms with van der Waals surface area (Å²) in [5.74, 6) is -14.0. The second-order valence-corrected chi connectivity index (χ2v) is 12.8. The highest BCUT2D eigenvalue weighted by Crippen LogP contribution is 2.38. The van der Waals surface area contributed by atoms with Crippen molar-refractivity contribution in [1.29, 1.82) is 0 Å². The van der Waals surface area contributed by atoms with Gasteiger partial charge in [-0.1, -0.05) is 156 Å². The smallest absolute Gasteiger partial charge is 0.337 e. The first-order valence-electron chi connectivity index (χ1n) is 18.5. The van der Waals surface area contributed by atoms with Gasteiger partial charge in [0.2, 0.25) is 0 Å². The van der Waals surface area contributed by atoms with Gasteiger partial charge in [0, 0.05) is 26.2 Å². The summed E-state index contributed by atoms with van der Waals surface area (Å²) in [6.45, 7) is 8.47. The number of hydrogen-bond donors (Lipinski definition) is 0. The van der Waals surface area contributed by atoms with Crippen molar-refractivity contribution >= 4 is 11.8 Å². The first-order valence-corrected chi connectivity index (χ1v) is 18.5. The Hall–Kier alpha value is -1.34. The molecule has 0 heterocycles. The summed E-state index contributed by atoms with van der Waals surface area (Å²) in [5.41, 5.74) is 0. The molecule has 0 saturated heterocycles. The zero-order chi connectivity index (χ0) is 33.1. The number of rotatable bonds is 31. The van der Waals surface area contributed by atoms with Crippen molar-refractivity contribution in [3.05, 3.63) is 0 Å². The van der Waals surface area contributed by atoms with Crippen molar-refractivity contribution in [2.45, 2.75) is 194 Å². The monoisotopic (exact) mass is 637 g/mol. The third-order valence-electron chi connectivity index (χ3n) is 8.63. The molecule has 4 nitrogen and oxygen atoms in total. The second kappa shape index (κ2) is 26.8. The molecule has 0 fully saturated rings. The van der Waals surface area contributed by atoms with E-state index >= 15 is 17.6 Å². The van der Waals surface area contributed by atoms with E-state index < -0.39 is 23.7 Å². The zero-order valence-corrected chi connectivity index (χ0v) is 29.0. The van der Waals surface area contributed by atoms with Crippen LogP contribution in [0.5, 0.6) is 0 Å². The summed E-state index contributed by atoms with van der Waals surface area (Å²) in [4.78, 5) is 28.1.